The number of benzene rings is 1. The van der Waals surface area contributed by atoms with Crippen LogP contribution in [0.2, 0.25) is 0 Å². The second kappa shape index (κ2) is 5.45. The zero-order valence-corrected chi connectivity index (χ0v) is 10.2. The van der Waals surface area contributed by atoms with Crippen molar-refractivity contribution < 1.29 is 13.9 Å². The molecule has 15 heavy (non-hydrogen) atoms. The van der Waals surface area contributed by atoms with E-state index >= 15 is 0 Å². The van der Waals surface area contributed by atoms with Crippen LogP contribution in [0.3, 0.4) is 0 Å². The molecule has 1 aromatic rings. The van der Waals surface area contributed by atoms with E-state index in [2.05, 4.69) is 0 Å². The molecule has 1 aromatic carbocycles. The number of rotatable bonds is 4. The maximum absolute atomic E-state index is 11.4. The first-order valence-corrected chi connectivity index (χ1v) is 5.90. The lowest BCUT2D eigenvalue weighted by molar-refractivity contribution is -0.198. The molecule has 3 nitrogen and oxygen atoms in total. The molecule has 0 N–H and O–H groups in total. The quantitative estimate of drug-likeness (QED) is 0.742. The lowest BCUT2D eigenvalue weighted by Gasteiger charge is -2.26. The molecule has 0 aromatic heterocycles. The van der Waals surface area contributed by atoms with Gasteiger partial charge in [0.05, 0.1) is 6.61 Å². The van der Waals surface area contributed by atoms with Crippen molar-refractivity contribution in [2.24, 2.45) is 5.41 Å². The third-order valence-corrected chi connectivity index (χ3v) is 2.23. The van der Waals surface area contributed by atoms with Crippen LogP contribution in [-0.2, 0) is 4.52 Å². The average Bonchev–Trinajstić information content (AvgIpc) is 2.15. The van der Waals surface area contributed by atoms with Gasteiger partial charge in [0.25, 0.3) is 0 Å². The highest BCUT2D eigenvalue weighted by molar-refractivity contribution is 7.39. The molecule has 84 valence electrons. The van der Waals surface area contributed by atoms with Crippen molar-refractivity contribution in [3.05, 3.63) is 30.3 Å². The average molecular weight is 227 g/mol. The van der Waals surface area contributed by atoms with Crippen LogP contribution >= 0.6 is 8.60 Å². The first-order valence-electron chi connectivity index (χ1n) is 4.80. The van der Waals surface area contributed by atoms with E-state index in [-0.39, 0.29) is 5.41 Å². The molecule has 1 rings (SSSR count). The molecule has 0 aliphatic heterocycles. The van der Waals surface area contributed by atoms with Gasteiger partial charge in [0.1, 0.15) is 14.4 Å². The van der Waals surface area contributed by atoms with E-state index in [0.29, 0.717) is 12.4 Å². The van der Waals surface area contributed by atoms with Crippen LogP contribution in [0, 0.1) is 5.41 Å². The molecular formula is C11H16O3P-. The van der Waals surface area contributed by atoms with Gasteiger partial charge in [-0.15, -0.1) is 0 Å². The minimum atomic E-state index is -2.07. The van der Waals surface area contributed by atoms with E-state index in [9.17, 15) is 4.89 Å². The fraction of sp³-hybridized carbons (Fsp3) is 0.455. The third-order valence-electron chi connectivity index (χ3n) is 1.53. The zero-order chi connectivity index (χ0) is 11.3. The molecule has 0 spiro atoms. The zero-order valence-electron chi connectivity index (χ0n) is 9.27. The highest BCUT2D eigenvalue weighted by Crippen LogP contribution is 2.32. The Labute approximate surface area is 92.0 Å². The second-order valence-electron chi connectivity index (χ2n) is 4.46. The van der Waals surface area contributed by atoms with Crippen molar-refractivity contribution in [2.45, 2.75) is 20.8 Å². The predicted octanol–water partition coefficient (Wildman–Crippen LogP) is 2.72. The Morgan fingerprint density at radius 1 is 1.20 bits per heavy atom. The lowest BCUT2D eigenvalue weighted by atomic mass is 9.99. The molecule has 0 aliphatic rings. The van der Waals surface area contributed by atoms with Gasteiger partial charge in [0, 0.05) is 0 Å². The van der Waals surface area contributed by atoms with Crippen molar-refractivity contribution in [3.8, 4) is 5.75 Å². The molecule has 4 heteroatoms. The molecule has 1 atom stereocenters. The van der Waals surface area contributed by atoms with E-state index < -0.39 is 8.60 Å². The molecule has 0 saturated carbocycles. The Morgan fingerprint density at radius 3 is 2.33 bits per heavy atom. The van der Waals surface area contributed by atoms with Crippen molar-refractivity contribution in [2.75, 3.05) is 6.61 Å². The van der Waals surface area contributed by atoms with Gasteiger partial charge in [-0.25, -0.2) is 0 Å². The van der Waals surface area contributed by atoms with Crippen molar-refractivity contribution in [3.63, 3.8) is 0 Å². The summed E-state index contributed by atoms with van der Waals surface area (Å²) < 4.78 is 10.2. The Balaban J connectivity index is 2.34. The molecule has 0 fully saturated rings. The van der Waals surface area contributed by atoms with E-state index in [1.54, 1.807) is 12.1 Å². The van der Waals surface area contributed by atoms with E-state index in [0.717, 1.165) is 0 Å². The number of hydrogen-bond acceptors (Lipinski definition) is 3. The van der Waals surface area contributed by atoms with Gasteiger partial charge in [-0.05, 0) is 17.5 Å². The monoisotopic (exact) mass is 227 g/mol. The van der Waals surface area contributed by atoms with Gasteiger partial charge in [-0.1, -0.05) is 39.0 Å². The van der Waals surface area contributed by atoms with Gasteiger partial charge in [-0.2, -0.15) is 0 Å². The van der Waals surface area contributed by atoms with Gasteiger partial charge in [0.2, 0.25) is 0 Å². The van der Waals surface area contributed by atoms with Crippen LogP contribution in [0.5, 0.6) is 5.75 Å². The smallest absolute Gasteiger partial charge is 0.147 e. The fourth-order valence-electron chi connectivity index (χ4n) is 0.840. The first kappa shape index (κ1) is 12.4. The maximum atomic E-state index is 11.4. The number of para-hydroxylation sites is 1. The summed E-state index contributed by atoms with van der Waals surface area (Å²) in [7, 11) is -2.07. The largest absolute Gasteiger partial charge is 0.776 e. The van der Waals surface area contributed by atoms with Crippen LogP contribution in [0.25, 0.3) is 0 Å². The summed E-state index contributed by atoms with van der Waals surface area (Å²) >= 11 is 0. The fourth-order valence-corrected chi connectivity index (χ4v) is 1.68. The molecule has 0 aliphatic carbocycles. The minimum Gasteiger partial charge on any atom is -0.776 e. The molecule has 0 saturated heterocycles. The lowest BCUT2D eigenvalue weighted by Crippen LogP contribution is -2.16. The summed E-state index contributed by atoms with van der Waals surface area (Å²) in [5.41, 5.74) is -0.00889. The standard InChI is InChI=1S/C11H16O3P/c1-11(2,3)9-13-15(12)14-10-7-5-4-6-8-10/h4-8H,9H2,1-3H3/q-1. The summed E-state index contributed by atoms with van der Waals surface area (Å²) in [6.07, 6.45) is 0. The van der Waals surface area contributed by atoms with E-state index in [1.165, 1.54) is 0 Å². The van der Waals surface area contributed by atoms with Crippen LogP contribution in [0.15, 0.2) is 30.3 Å². The first-order chi connectivity index (χ1) is 6.97. The molecular weight excluding hydrogens is 211 g/mol. The Hall–Kier alpha value is -0.630. The van der Waals surface area contributed by atoms with Crippen LogP contribution in [-0.4, -0.2) is 6.61 Å². The van der Waals surface area contributed by atoms with Crippen LogP contribution in [0.4, 0.5) is 0 Å². The summed E-state index contributed by atoms with van der Waals surface area (Å²) in [5.74, 6) is 0.563. The summed E-state index contributed by atoms with van der Waals surface area (Å²) in [4.78, 5) is 11.4. The third kappa shape index (κ3) is 5.73. The summed E-state index contributed by atoms with van der Waals surface area (Å²) in [6.45, 7) is 6.45. The van der Waals surface area contributed by atoms with E-state index in [4.69, 9.17) is 9.05 Å². The molecule has 0 radical (unpaired) electrons. The minimum absolute atomic E-state index is 0.00889. The van der Waals surface area contributed by atoms with Crippen molar-refractivity contribution in [1.82, 2.24) is 0 Å². The SMILES string of the molecule is CC(C)(C)COP([O-])Oc1ccccc1. The molecule has 0 heterocycles. The maximum Gasteiger partial charge on any atom is 0.147 e. The second-order valence-corrected chi connectivity index (χ2v) is 5.35. The number of hydrogen-bond donors (Lipinski definition) is 0. The van der Waals surface area contributed by atoms with Crippen molar-refractivity contribution in [1.29, 1.82) is 0 Å². The Morgan fingerprint density at radius 2 is 1.80 bits per heavy atom. The summed E-state index contributed by atoms with van der Waals surface area (Å²) in [5, 5.41) is 0. The van der Waals surface area contributed by atoms with Gasteiger partial charge >= 0.3 is 0 Å². The highest BCUT2D eigenvalue weighted by atomic mass is 31.2. The predicted molar refractivity (Wildman–Crippen MR) is 59.4 cm³/mol. The van der Waals surface area contributed by atoms with Crippen LogP contribution < -0.4 is 9.42 Å². The Bertz CT molecular complexity index is 282. The highest BCUT2D eigenvalue weighted by Gasteiger charge is 2.11. The molecule has 0 bridgehead atoms. The van der Waals surface area contributed by atoms with Gasteiger partial charge < -0.3 is 13.9 Å². The van der Waals surface area contributed by atoms with Crippen molar-refractivity contribution >= 4 is 8.60 Å². The molecule has 0 amide bonds. The normalized spacial score (nSPS) is 13.6. The van der Waals surface area contributed by atoms with Crippen LogP contribution in [0.1, 0.15) is 20.8 Å². The topological polar surface area (TPSA) is 41.5 Å². The molecule has 1 unspecified atom stereocenters. The van der Waals surface area contributed by atoms with E-state index in [1.807, 2.05) is 39.0 Å². The summed E-state index contributed by atoms with van der Waals surface area (Å²) in [6, 6.07) is 9.00. The van der Waals surface area contributed by atoms with Gasteiger partial charge in [0.15, 0.2) is 0 Å². The Kier molecular flexibility index (Phi) is 4.52. The van der Waals surface area contributed by atoms with Gasteiger partial charge in [-0.3, -0.25) is 0 Å².